The minimum Gasteiger partial charge on any atom is -0.423 e. The summed E-state index contributed by atoms with van der Waals surface area (Å²) in [5.74, 6) is -2.71. The number of hydrogen-bond acceptors (Lipinski definition) is 5. The molecule has 0 saturated carbocycles. The van der Waals surface area contributed by atoms with Crippen LogP contribution in [0, 0.1) is 10.1 Å². The molecule has 30 heavy (non-hydrogen) atoms. The smallest absolute Gasteiger partial charge is 0.416 e. The van der Waals surface area contributed by atoms with E-state index in [4.69, 9.17) is 62.7 Å². The molecule has 0 spiro atoms. The molecule has 162 valence electrons. The average molecular weight is 546 g/mol. The lowest BCUT2D eigenvalue weighted by molar-refractivity contribution is -0.388. The van der Waals surface area contributed by atoms with Crippen molar-refractivity contribution in [2.75, 3.05) is 5.75 Å². The lowest BCUT2D eigenvalue weighted by Crippen LogP contribution is -2.18. The van der Waals surface area contributed by atoms with E-state index in [1.165, 1.54) is 0 Å². The van der Waals surface area contributed by atoms with E-state index in [0.29, 0.717) is 12.1 Å². The van der Waals surface area contributed by atoms with Crippen molar-refractivity contribution >= 4 is 80.5 Å². The van der Waals surface area contributed by atoms with Crippen molar-refractivity contribution in [3.8, 4) is 5.75 Å². The fourth-order valence-corrected chi connectivity index (χ4v) is 4.24. The van der Waals surface area contributed by atoms with Crippen molar-refractivity contribution in [1.82, 2.24) is 0 Å². The van der Waals surface area contributed by atoms with Crippen molar-refractivity contribution in [3.05, 3.63) is 59.0 Å². The molecule has 0 bridgehead atoms. The van der Waals surface area contributed by atoms with E-state index in [1.54, 1.807) is 0 Å². The van der Waals surface area contributed by atoms with Gasteiger partial charge in [-0.3, -0.25) is 19.1 Å². The van der Waals surface area contributed by atoms with E-state index >= 15 is 0 Å². The van der Waals surface area contributed by atoms with E-state index in [0.717, 1.165) is 0 Å². The van der Waals surface area contributed by atoms with E-state index in [9.17, 15) is 32.3 Å². The Morgan fingerprint density at radius 3 is 2.00 bits per heavy atom. The molecular weight excluding hydrogens is 540 g/mol. The molecule has 15 heteroatoms. The number of hydrogen-bond donors (Lipinski definition) is 0. The highest BCUT2D eigenvalue weighted by Gasteiger charge is 2.34. The topological polar surface area (TPSA) is 86.5 Å². The molecule has 0 aliphatic rings. The van der Waals surface area contributed by atoms with E-state index < -0.39 is 55.5 Å². The predicted octanol–water partition coefficient (Wildman–Crippen LogP) is 6.59. The second-order valence-electron chi connectivity index (χ2n) is 5.30. The van der Waals surface area contributed by atoms with Crippen molar-refractivity contribution in [1.29, 1.82) is 0 Å². The van der Waals surface area contributed by atoms with Gasteiger partial charge in [0.15, 0.2) is 5.75 Å². The molecule has 0 heterocycles. The molecule has 0 aliphatic heterocycles. The molecule has 0 fully saturated rings. The standard InChI is InChI=1S/C15H5Cl5F3NO5S/c16-9-10(17)12(19)14(13(20)11(9)18)29-8(25)4-30(28)7-2-1-5(15(21,22)23)3-6(7)24(26)27/h1-3H,4H2. The van der Waals surface area contributed by atoms with Gasteiger partial charge in [0.25, 0.3) is 5.69 Å². The van der Waals surface area contributed by atoms with Gasteiger partial charge in [0.05, 0.1) is 36.4 Å². The molecule has 0 aliphatic carbocycles. The van der Waals surface area contributed by atoms with Gasteiger partial charge in [0.2, 0.25) is 0 Å². The molecule has 0 aromatic heterocycles. The van der Waals surface area contributed by atoms with Gasteiger partial charge in [-0.05, 0) is 12.1 Å². The van der Waals surface area contributed by atoms with E-state index in [2.05, 4.69) is 0 Å². The molecule has 0 N–H and O–H groups in total. The van der Waals surface area contributed by atoms with Gasteiger partial charge in [-0.25, -0.2) is 0 Å². The van der Waals surface area contributed by atoms with Crippen LogP contribution >= 0.6 is 58.0 Å². The van der Waals surface area contributed by atoms with Crippen LogP contribution in [0.1, 0.15) is 5.56 Å². The zero-order valence-electron chi connectivity index (χ0n) is 13.9. The number of esters is 1. The number of nitro groups is 1. The Morgan fingerprint density at radius 2 is 1.53 bits per heavy atom. The van der Waals surface area contributed by atoms with Crippen LogP contribution in [0.5, 0.6) is 5.75 Å². The highest BCUT2D eigenvalue weighted by molar-refractivity contribution is 7.86. The van der Waals surface area contributed by atoms with Gasteiger partial charge >= 0.3 is 12.1 Å². The first-order valence-electron chi connectivity index (χ1n) is 7.21. The Morgan fingerprint density at radius 1 is 1.03 bits per heavy atom. The van der Waals surface area contributed by atoms with Gasteiger partial charge in [-0.1, -0.05) is 58.0 Å². The lowest BCUT2D eigenvalue weighted by atomic mass is 10.2. The summed E-state index contributed by atoms with van der Waals surface area (Å²) in [6.07, 6.45) is -4.86. The summed E-state index contributed by atoms with van der Waals surface area (Å²) >= 11 is 29.2. The maximum Gasteiger partial charge on any atom is 0.416 e. The zero-order chi connectivity index (χ0) is 23.0. The molecule has 2 rings (SSSR count). The second kappa shape index (κ2) is 9.46. The Bertz CT molecular complexity index is 1050. The summed E-state index contributed by atoms with van der Waals surface area (Å²) in [7, 11) is -2.44. The van der Waals surface area contributed by atoms with Gasteiger partial charge in [-0.15, -0.1) is 0 Å². The number of rotatable bonds is 5. The number of benzene rings is 2. The number of nitro benzene ring substituents is 1. The third-order valence-corrected chi connectivity index (χ3v) is 6.94. The van der Waals surface area contributed by atoms with Crippen LogP contribution in [0.15, 0.2) is 23.1 Å². The normalized spacial score (nSPS) is 12.5. The first kappa shape index (κ1) is 25.0. The van der Waals surface area contributed by atoms with Crippen LogP contribution in [0.2, 0.25) is 25.1 Å². The minimum absolute atomic E-state index is 0.211. The number of halogens is 8. The van der Waals surface area contributed by atoms with Gasteiger partial charge in [-0.2, -0.15) is 13.2 Å². The van der Waals surface area contributed by atoms with Crippen LogP contribution in [0.3, 0.4) is 0 Å². The molecule has 2 aromatic carbocycles. The van der Waals surface area contributed by atoms with Gasteiger partial charge in [0, 0.05) is 6.07 Å². The van der Waals surface area contributed by atoms with Crippen LogP contribution in [-0.4, -0.2) is 20.9 Å². The summed E-state index contributed by atoms with van der Waals surface area (Å²) < 4.78 is 55.5. The number of nitrogens with zero attached hydrogens (tertiary/aromatic N) is 1. The Kier molecular flexibility index (Phi) is 7.87. The SMILES string of the molecule is O=C(CS(=O)c1ccc(C(F)(F)F)cc1[N+](=O)[O-])Oc1c(Cl)c(Cl)c(Cl)c(Cl)c1Cl. The molecule has 0 saturated heterocycles. The van der Waals surface area contributed by atoms with E-state index in [-0.39, 0.29) is 31.2 Å². The van der Waals surface area contributed by atoms with Crippen LogP contribution in [0.4, 0.5) is 18.9 Å². The van der Waals surface area contributed by atoms with Gasteiger partial charge in [0.1, 0.15) is 20.7 Å². The molecule has 1 unspecified atom stereocenters. The van der Waals surface area contributed by atoms with Crippen molar-refractivity contribution in [2.45, 2.75) is 11.1 Å². The summed E-state index contributed by atoms with van der Waals surface area (Å²) in [5.41, 5.74) is -2.40. The largest absolute Gasteiger partial charge is 0.423 e. The number of carbonyl (C=O) groups is 1. The maximum atomic E-state index is 12.8. The van der Waals surface area contributed by atoms with Crippen LogP contribution in [0.25, 0.3) is 0 Å². The maximum absolute atomic E-state index is 12.8. The van der Waals surface area contributed by atoms with Crippen molar-refractivity contribution in [3.63, 3.8) is 0 Å². The summed E-state index contributed by atoms with van der Waals surface area (Å²) in [6.45, 7) is 0. The molecule has 6 nitrogen and oxygen atoms in total. The molecule has 0 amide bonds. The monoisotopic (exact) mass is 543 g/mol. The summed E-state index contributed by atoms with van der Waals surface area (Å²) in [4.78, 5) is 21.4. The van der Waals surface area contributed by atoms with Crippen LogP contribution < -0.4 is 4.74 Å². The van der Waals surface area contributed by atoms with Crippen LogP contribution in [-0.2, 0) is 21.8 Å². The summed E-state index contributed by atoms with van der Waals surface area (Å²) in [6, 6.07) is 1.35. The first-order valence-corrected chi connectivity index (χ1v) is 10.4. The quantitative estimate of drug-likeness (QED) is 0.106. The third kappa shape index (κ3) is 5.30. The highest BCUT2D eigenvalue weighted by Crippen LogP contribution is 2.48. The van der Waals surface area contributed by atoms with Gasteiger partial charge < -0.3 is 4.74 Å². The Balaban J connectivity index is 2.32. The summed E-state index contributed by atoms with van der Waals surface area (Å²) in [5, 5.41) is 9.56. The molecule has 0 radical (unpaired) electrons. The van der Waals surface area contributed by atoms with Crippen molar-refractivity contribution in [2.24, 2.45) is 0 Å². The zero-order valence-corrected chi connectivity index (χ0v) is 18.5. The predicted molar refractivity (Wildman–Crippen MR) is 107 cm³/mol. The van der Waals surface area contributed by atoms with E-state index in [1.807, 2.05) is 0 Å². The number of ether oxygens (including phenoxy) is 1. The Hall–Kier alpha value is -1.30. The fourth-order valence-electron chi connectivity index (χ4n) is 2.03. The highest BCUT2D eigenvalue weighted by atomic mass is 35.5. The first-order chi connectivity index (χ1) is 13.8. The second-order valence-corrected chi connectivity index (χ2v) is 8.61. The molecular formula is C15H5Cl5F3NO5S. The lowest BCUT2D eigenvalue weighted by Gasteiger charge is -2.12. The number of carbonyl (C=O) groups excluding carboxylic acids is 1. The number of alkyl halides is 3. The molecule has 2 aromatic rings. The Labute approximate surface area is 193 Å². The minimum atomic E-state index is -4.86. The molecule has 1 atom stereocenters. The average Bonchev–Trinajstić information content (AvgIpc) is 2.66. The third-order valence-electron chi connectivity index (χ3n) is 3.36. The fraction of sp³-hybridized carbons (Fsp3) is 0.133. The van der Waals surface area contributed by atoms with Crippen molar-refractivity contribution < 1.29 is 31.8 Å².